The Morgan fingerprint density at radius 1 is 1.24 bits per heavy atom. The lowest BCUT2D eigenvalue weighted by Gasteiger charge is -2.22. The lowest BCUT2D eigenvalue weighted by Crippen LogP contribution is -2.36. The van der Waals surface area contributed by atoms with Crippen LogP contribution in [-0.2, 0) is 17.8 Å². The van der Waals surface area contributed by atoms with Crippen molar-refractivity contribution in [3.8, 4) is 0 Å². The zero-order valence-electron chi connectivity index (χ0n) is 16.4. The number of nitrogens with zero attached hydrogens (tertiary/aromatic N) is 4. The van der Waals surface area contributed by atoms with Crippen LogP contribution >= 0.6 is 11.3 Å². The lowest BCUT2D eigenvalue weighted by atomic mass is 10.0. The molecule has 0 aliphatic carbocycles. The Kier molecular flexibility index (Phi) is 6.36. The first-order valence-electron chi connectivity index (χ1n) is 9.32. The summed E-state index contributed by atoms with van der Waals surface area (Å²) in [5.74, 6) is -0.530. The molecule has 0 saturated carbocycles. The number of Topliss-reactive ketones (excluding diaryl/α,β-unsaturated/α-hetero) is 1. The fourth-order valence-electron chi connectivity index (χ4n) is 3.04. The molecule has 0 spiro atoms. The average molecular weight is 420 g/mol. The highest BCUT2D eigenvalue weighted by atomic mass is 32.1. The average Bonchev–Trinajstić information content (AvgIpc) is 3.16. The Hall–Kier alpha value is -2.68. The van der Waals surface area contributed by atoms with E-state index in [1.807, 2.05) is 30.3 Å². The number of benzene rings is 1. The van der Waals surface area contributed by atoms with Crippen LogP contribution < -0.4 is 10.5 Å². The molecule has 154 valence electrons. The number of hydrogen-bond acceptors (Lipinski definition) is 6. The molecule has 2 heterocycles. The topological polar surface area (TPSA) is 68.1 Å². The molecule has 0 radical (unpaired) electrons. The molecule has 6 nitrogen and oxygen atoms in total. The molecule has 1 atom stereocenters. The minimum Gasteiger partial charge on any atom is -0.341 e. The molecule has 0 saturated heterocycles. The van der Waals surface area contributed by atoms with E-state index in [-0.39, 0.29) is 22.7 Å². The van der Waals surface area contributed by atoms with Gasteiger partial charge in [0.15, 0.2) is 27.1 Å². The SMILES string of the molecule is CCn1c(C(F)F)nc2sc(N(C)[C@H](C)C(=O)CCc3ccccc3)nc2c1=O. The summed E-state index contributed by atoms with van der Waals surface area (Å²) in [7, 11) is 1.70. The molecule has 0 amide bonds. The first-order chi connectivity index (χ1) is 13.8. The third-order valence-corrected chi connectivity index (χ3v) is 5.94. The number of likely N-dealkylation sites (N-methyl/N-ethyl adjacent to an activating group) is 1. The Morgan fingerprint density at radius 2 is 1.93 bits per heavy atom. The number of halogens is 2. The van der Waals surface area contributed by atoms with Gasteiger partial charge in [-0.2, -0.15) is 0 Å². The number of carbonyl (C=O) groups excluding carboxylic acids is 1. The monoisotopic (exact) mass is 420 g/mol. The van der Waals surface area contributed by atoms with Crippen molar-refractivity contribution in [2.45, 2.75) is 45.7 Å². The summed E-state index contributed by atoms with van der Waals surface area (Å²) in [4.78, 5) is 35.2. The summed E-state index contributed by atoms with van der Waals surface area (Å²) >= 11 is 1.04. The van der Waals surface area contributed by atoms with Gasteiger partial charge in [-0.3, -0.25) is 14.2 Å². The van der Waals surface area contributed by atoms with Crippen LogP contribution in [0.4, 0.5) is 13.9 Å². The van der Waals surface area contributed by atoms with Gasteiger partial charge in [-0.05, 0) is 25.8 Å². The van der Waals surface area contributed by atoms with E-state index >= 15 is 0 Å². The van der Waals surface area contributed by atoms with Gasteiger partial charge in [0.05, 0.1) is 6.04 Å². The van der Waals surface area contributed by atoms with Crippen LogP contribution in [0.3, 0.4) is 0 Å². The van der Waals surface area contributed by atoms with Crippen LogP contribution in [0.5, 0.6) is 0 Å². The first-order valence-corrected chi connectivity index (χ1v) is 10.1. The van der Waals surface area contributed by atoms with Crippen molar-refractivity contribution in [3.63, 3.8) is 0 Å². The maximum absolute atomic E-state index is 13.3. The standard InChI is InChI=1S/C20H22F2N4O2S/c1-4-26-17(16(21)22)24-18-15(19(26)28)23-20(29-18)25(3)12(2)14(27)11-10-13-8-6-5-7-9-13/h5-9,12,16H,4,10-11H2,1-3H3/t12-/m1/s1. The zero-order chi connectivity index (χ0) is 21.1. The summed E-state index contributed by atoms with van der Waals surface area (Å²) < 4.78 is 27.4. The van der Waals surface area contributed by atoms with E-state index in [1.54, 1.807) is 25.8 Å². The first kappa shape index (κ1) is 21.0. The molecule has 0 bridgehead atoms. The van der Waals surface area contributed by atoms with Gasteiger partial charge in [0.2, 0.25) is 0 Å². The third kappa shape index (κ3) is 4.34. The highest BCUT2D eigenvalue weighted by Gasteiger charge is 2.24. The minimum absolute atomic E-state index is 0.0304. The molecule has 1 aromatic carbocycles. The van der Waals surface area contributed by atoms with Crippen molar-refractivity contribution in [1.29, 1.82) is 0 Å². The van der Waals surface area contributed by atoms with E-state index in [0.717, 1.165) is 21.5 Å². The molecule has 3 rings (SSSR count). The number of rotatable bonds is 8. The fraction of sp³-hybridized carbons (Fsp3) is 0.400. The van der Waals surface area contributed by atoms with Gasteiger partial charge in [-0.25, -0.2) is 18.7 Å². The number of anilines is 1. The summed E-state index contributed by atoms with van der Waals surface area (Å²) in [6, 6.07) is 9.26. The minimum atomic E-state index is -2.85. The van der Waals surface area contributed by atoms with Gasteiger partial charge in [0.1, 0.15) is 0 Å². The second kappa shape index (κ2) is 8.77. The van der Waals surface area contributed by atoms with Crippen molar-refractivity contribution in [2.24, 2.45) is 0 Å². The van der Waals surface area contributed by atoms with Gasteiger partial charge in [0, 0.05) is 20.0 Å². The smallest absolute Gasteiger partial charge is 0.295 e. The lowest BCUT2D eigenvalue weighted by molar-refractivity contribution is -0.119. The Bertz CT molecular complexity index is 1070. The Balaban J connectivity index is 1.82. The molecule has 0 fully saturated rings. The second-order valence-corrected chi connectivity index (χ2v) is 7.67. The van der Waals surface area contributed by atoms with Crippen LogP contribution in [0.2, 0.25) is 0 Å². The fourth-order valence-corrected chi connectivity index (χ4v) is 4.02. The maximum atomic E-state index is 13.3. The quantitative estimate of drug-likeness (QED) is 0.554. The van der Waals surface area contributed by atoms with E-state index in [0.29, 0.717) is 18.0 Å². The number of fused-ring (bicyclic) bond motifs is 1. The molecule has 2 aromatic heterocycles. The van der Waals surface area contributed by atoms with E-state index in [9.17, 15) is 18.4 Å². The molecule has 0 N–H and O–H groups in total. The van der Waals surface area contributed by atoms with E-state index in [2.05, 4.69) is 9.97 Å². The molecule has 9 heteroatoms. The second-order valence-electron chi connectivity index (χ2n) is 6.71. The van der Waals surface area contributed by atoms with E-state index in [4.69, 9.17) is 0 Å². The number of carbonyl (C=O) groups is 1. The van der Waals surface area contributed by atoms with Gasteiger partial charge in [-0.15, -0.1) is 0 Å². The van der Waals surface area contributed by atoms with Crippen molar-refractivity contribution >= 4 is 32.6 Å². The number of aryl methyl sites for hydroxylation is 1. The van der Waals surface area contributed by atoms with E-state index < -0.39 is 23.9 Å². The normalized spacial score (nSPS) is 12.5. The third-order valence-electron chi connectivity index (χ3n) is 4.90. The molecular weight excluding hydrogens is 398 g/mol. The number of aromatic nitrogens is 3. The van der Waals surface area contributed by atoms with Crippen molar-refractivity contribution in [3.05, 3.63) is 52.1 Å². The predicted molar refractivity (Wildman–Crippen MR) is 110 cm³/mol. The molecule has 29 heavy (non-hydrogen) atoms. The van der Waals surface area contributed by atoms with Crippen LogP contribution in [0.25, 0.3) is 10.3 Å². The zero-order valence-corrected chi connectivity index (χ0v) is 17.2. The van der Waals surface area contributed by atoms with Crippen LogP contribution in [0.1, 0.15) is 38.1 Å². The summed E-state index contributed by atoms with van der Waals surface area (Å²) in [5, 5.41) is 0.402. The molecule has 3 aromatic rings. The molecule has 0 unspecified atom stereocenters. The number of hydrogen-bond donors (Lipinski definition) is 0. The number of alkyl halides is 2. The van der Waals surface area contributed by atoms with Gasteiger partial charge >= 0.3 is 0 Å². The molecule has 0 aliphatic heterocycles. The summed E-state index contributed by atoms with van der Waals surface area (Å²) in [5.41, 5.74) is 0.540. The van der Waals surface area contributed by atoms with Gasteiger partial charge in [-0.1, -0.05) is 41.7 Å². The van der Waals surface area contributed by atoms with Crippen LogP contribution in [-0.4, -0.2) is 33.4 Å². The summed E-state index contributed by atoms with van der Waals surface area (Å²) in [6.07, 6.45) is -1.84. The van der Waals surface area contributed by atoms with Crippen molar-refractivity contribution in [2.75, 3.05) is 11.9 Å². The van der Waals surface area contributed by atoms with Crippen molar-refractivity contribution < 1.29 is 13.6 Å². The Morgan fingerprint density at radius 3 is 2.55 bits per heavy atom. The van der Waals surface area contributed by atoms with Crippen molar-refractivity contribution in [1.82, 2.24) is 14.5 Å². The Labute approximate surface area is 170 Å². The number of thiazole rings is 1. The molecule has 0 aliphatic rings. The maximum Gasteiger partial charge on any atom is 0.295 e. The number of ketones is 1. The summed E-state index contributed by atoms with van der Waals surface area (Å²) in [6.45, 7) is 3.45. The van der Waals surface area contributed by atoms with Crippen LogP contribution in [0, 0.1) is 0 Å². The van der Waals surface area contributed by atoms with Crippen LogP contribution in [0.15, 0.2) is 35.1 Å². The molecular formula is C20H22F2N4O2S. The highest BCUT2D eigenvalue weighted by molar-refractivity contribution is 7.21. The van der Waals surface area contributed by atoms with Gasteiger partial charge in [0.25, 0.3) is 12.0 Å². The van der Waals surface area contributed by atoms with Gasteiger partial charge < -0.3 is 4.90 Å². The highest BCUT2D eigenvalue weighted by Crippen LogP contribution is 2.28. The van der Waals surface area contributed by atoms with E-state index in [1.165, 1.54) is 0 Å². The largest absolute Gasteiger partial charge is 0.341 e. The predicted octanol–water partition coefficient (Wildman–Crippen LogP) is 3.84.